The molecule has 16 heavy (non-hydrogen) atoms. The Bertz CT molecular complexity index is 363. The Hall–Kier alpha value is -1.39. The molecule has 0 aromatic heterocycles. The van der Waals surface area contributed by atoms with Crippen LogP contribution in [0.5, 0.6) is 5.75 Å². The number of likely N-dealkylation sites (N-methyl/N-ethyl adjacent to an activating group) is 1. The fourth-order valence-corrected chi connectivity index (χ4v) is 1.50. The third kappa shape index (κ3) is 3.05. The molecule has 0 atom stereocenters. The highest BCUT2D eigenvalue weighted by atomic mass is 16.5. The van der Waals surface area contributed by atoms with Crippen molar-refractivity contribution in [1.82, 2.24) is 5.32 Å². The average Bonchev–Trinajstić information content (AvgIpc) is 2.29. The largest absolute Gasteiger partial charge is 0.497 e. The van der Waals surface area contributed by atoms with Gasteiger partial charge in [0.05, 0.1) is 20.3 Å². The minimum atomic E-state index is 0.0530. The summed E-state index contributed by atoms with van der Waals surface area (Å²) in [6, 6.07) is 5.38. The predicted molar refractivity (Wildman–Crippen MR) is 62.0 cm³/mol. The average molecular weight is 223 g/mol. The maximum atomic E-state index is 11.8. The summed E-state index contributed by atoms with van der Waals surface area (Å²) in [7, 11) is 4.95. The standard InChI is InChI=1S/C12H17NO3/c1-13-7-12(14)11-5-4-10(16-3)6-9(11)8-15-2/h4-6,13H,7-8H2,1-3H3. The molecule has 0 bridgehead atoms. The van der Waals surface area contributed by atoms with Crippen molar-refractivity contribution in [3.63, 3.8) is 0 Å². The minimum Gasteiger partial charge on any atom is -0.497 e. The number of ketones is 1. The molecule has 88 valence electrons. The highest BCUT2D eigenvalue weighted by Gasteiger charge is 2.11. The van der Waals surface area contributed by atoms with Crippen LogP contribution in [-0.2, 0) is 11.3 Å². The Morgan fingerprint density at radius 2 is 2.12 bits per heavy atom. The van der Waals surface area contributed by atoms with Crippen LogP contribution in [0.4, 0.5) is 0 Å². The van der Waals surface area contributed by atoms with E-state index in [9.17, 15) is 4.79 Å². The SMILES string of the molecule is CNCC(=O)c1ccc(OC)cc1COC. The number of rotatable bonds is 6. The lowest BCUT2D eigenvalue weighted by molar-refractivity contribution is 0.0988. The first-order chi connectivity index (χ1) is 7.72. The van der Waals surface area contributed by atoms with E-state index in [4.69, 9.17) is 9.47 Å². The summed E-state index contributed by atoms with van der Waals surface area (Å²) in [6.45, 7) is 0.727. The van der Waals surface area contributed by atoms with Crippen LogP contribution in [0.3, 0.4) is 0 Å². The van der Waals surface area contributed by atoms with Gasteiger partial charge >= 0.3 is 0 Å². The van der Waals surface area contributed by atoms with Gasteiger partial charge in [-0.1, -0.05) is 0 Å². The minimum absolute atomic E-state index is 0.0530. The van der Waals surface area contributed by atoms with Crippen molar-refractivity contribution in [2.45, 2.75) is 6.61 Å². The number of hydrogen-bond donors (Lipinski definition) is 1. The summed E-state index contributed by atoms with van der Waals surface area (Å²) in [4.78, 5) is 11.8. The van der Waals surface area contributed by atoms with Gasteiger partial charge in [-0.05, 0) is 30.8 Å². The molecule has 0 saturated carbocycles. The number of ether oxygens (including phenoxy) is 2. The van der Waals surface area contributed by atoms with E-state index in [0.717, 1.165) is 11.3 Å². The van der Waals surface area contributed by atoms with E-state index >= 15 is 0 Å². The van der Waals surface area contributed by atoms with Crippen LogP contribution in [0.1, 0.15) is 15.9 Å². The van der Waals surface area contributed by atoms with Gasteiger partial charge in [0.15, 0.2) is 5.78 Å². The smallest absolute Gasteiger partial charge is 0.176 e. The second kappa shape index (κ2) is 6.25. The van der Waals surface area contributed by atoms with Crippen molar-refractivity contribution in [2.24, 2.45) is 0 Å². The van der Waals surface area contributed by atoms with E-state index in [-0.39, 0.29) is 5.78 Å². The monoisotopic (exact) mass is 223 g/mol. The van der Waals surface area contributed by atoms with Crippen LogP contribution >= 0.6 is 0 Å². The summed E-state index contributed by atoms with van der Waals surface area (Å²) < 4.78 is 10.2. The van der Waals surface area contributed by atoms with Gasteiger partial charge in [-0.2, -0.15) is 0 Å². The number of Topliss-reactive ketones (excluding diaryl/α,β-unsaturated/α-hetero) is 1. The first-order valence-corrected chi connectivity index (χ1v) is 5.06. The quantitative estimate of drug-likeness (QED) is 0.737. The first kappa shape index (κ1) is 12.7. The molecule has 0 aliphatic rings. The van der Waals surface area contributed by atoms with Gasteiger partial charge in [-0.3, -0.25) is 4.79 Å². The topological polar surface area (TPSA) is 47.6 Å². The Labute approximate surface area is 95.6 Å². The summed E-state index contributed by atoms with van der Waals surface area (Å²) >= 11 is 0. The van der Waals surface area contributed by atoms with E-state index in [1.165, 1.54) is 0 Å². The molecule has 1 N–H and O–H groups in total. The van der Waals surface area contributed by atoms with Gasteiger partial charge < -0.3 is 14.8 Å². The summed E-state index contributed by atoms with van der Waals surface area (Å²) in [5, 5.41) is 2.84. The molecule has 0 heterocycles. The maximum absolute atomic E-state index is 11.8. The number of hydrogen-bond acceptors (Lipinski definition) is 4. The molecule has 0 saturated heterocycles. The Balaban J connectivity index is 3.01. The number of benzene rings is 1. The molecule has 4 heteroatoms. The fourth-order valence-electron chi connectivity index (χ4n) is 1.50. The summed E-state index contributed by atoms with van der Waals surface area (Å²) in [6.07, 6.45) is 0. The molecule has 0 radical (unpaired) electrons. The molecule has 0 aliphatic carbocycles. The van der Waals surface area contributed by atoms with E-state index in [0.29, 0.717) is 18.7 Å². The third-order valence-corrected chi connectivity index (χ3v) is 2.25. The van der Waals surface area contributed by atoms with Crippen molar-refractivity contribution in [2.75, 3.05) is 27.8 Å². The zero-order valence-electron chi connectivity index (χ0n) is 9.87. The van der Waals surface area contributed by atoms with Crippen molar-refractivity contribution in [3.05, 3.63) is 29.3 Å². The van der Waals surface area contributed by atoms with Crippen LogP contribution in [0.2, 0.25) is 0 Å². The number of carbonyl (C=O) groups is 1. The third-order valence-electron chi connectivity index (χ3n) is 2.25. The van der Waals surface area contributed by atoms with Crippen molar-refractivity contribution < 1.29 is 14.3 Å². The molecule has 0 amide bonds. The molecule has 0 unspecified atom stereocenters. The molecule has 0 spiro atoms. The van der Waals surface area contributed by atoms with E-state index in [2.05, 4.69) is 5.32 Å². The molecular weight excluding hydrogens is 206 g/mol. The Morgan fingerprint density at radius 1 is 1.38 bits per heavy atom. The van der Waals surface area contributed by atoms with Gasteiger partial charge in [0.2, 0.25) is 0 Å². The number of carbonyl (C=O) groups excluding carboxylic acids is 1. The summed E-state index contributed by atoms with van der Waals surface area (Å²) in [5.74, 6) is 0.783. The normalized spacial score (nSPS) is 10.2. The van der Waals surface area contributed by atoms with Gasteiger partial charge in [-0.25, -0.2) is 0 Å². The molecule has 1 rings (SSSR count). The van der Waals surface area contributed by atoms with Gasteiger partial charge in [0, 0.05) is 12.7 Å². The number of methoxy groups -OCH3 is 2. The fraction of sp³-hybridized carbons (Fsp3) is 0.417. The maximum Gasteiger partial charge on any atom is 0.176 e. The Morgan fingerprint density at radius 3 is 2.69 bits per heavy atom. The molecular formula is C12H17NO3. The highest BCUT2D eigenvalue weighted by Crippen LogP contribution is 2.18. The Kier molecular flexibility index (Phi) is 4.95. The van der Waals surface area contributed by atoms with Crippen LogP contribution in [-0.4, -0.2) is 33.6 Å². The van der Waals surface area contributed by atoms with Crippen LogP contribution in [0.25, 0.3) is 0 Å². The lowest BCUT2D eigenvalue weighted by atomic mass is 10.0. The van der Waals surface area contributed by atoms with Crippen LogP contribution in [0.15, 0.2) is 18.2 Å². The zero-order valence-corrected chi connectivity index (χ0v) is 9.87. The van der Waals surface area contributed by atoms with Gasteiger partial charge in [0.1, 0.15) is 5.75 Å². The van der Waals surface area contributed by atoms with E-state index in [1.807, 2.05) is 6.07 Å². The van der Waals surface area contributed by atoms with E-state index in [1.54, 1.807) is 33.4 Å². The number of nitrogens with one attached hydrogen (secondary N) is 1. The van der Waals surface area contributed by atoms with Crippen LogP contribution in [0, 0.1) is 0 Å². The molecule has 0 aliphatic heterocycles. The van der Waals surface area contributed by atoms with Gasteiger partial charge in [-0.15, -0.1) is 0 Å². The first-order valence-electron chi connectivity index (χ1n) is 5.06. The van der Waals surface area contributed by atoms with Crippen molar-refractivity contribution in [3.8, 4) is 5.75 Å². The van der Waals surface area contributed by atoms with Crippen molar-refractivity contribution >= 4 is 5.78 Å². The lowest BCUT2D eigenvalue weighted by Crippen LogP contribution is -2.20. The highest BCUT2D eigenvalue weighted by molar-refractivity contribution is 5.99. The lowest BCUT2D eigenvalue weighted by Gasteiger charge is -2.09. The molecule has 4 nitrogen and oxygen atoms in total. The van der Waals surface area contributed by atoms with Crippen LogP contribution < -0.4 is 10.1 Å². The van der Waals surface area contributed by atoms with Gasteiger partial charge in [0.25, 0.3) is 0 Å². The second-order valence-electron chi connectivity index (χ2n) is 3.41. The molecule has 1 aromatic rings. The van der Waals surface area contributed by atoms with E-state index < -0.39 is 0 Å². The molecule has 0 fully saturated rings. The van der Waals surface area contributed by atoms with Crippen molar-refractivity contribution in [1.29, 1.82) is 0 Å². The molecule has 1 aromatic carbocycles. The zero-order chi connectivity index (χ0) is 12.0. The predicted octanol–water partition coefficient (Wildman–Crippen LogP) is 1.24. The second-order valence-corrected chi connectivity index (χ2v) is 3.41. The summed E-state index contributed by atoms with van der Waals surface area (Å²) in [5.41, 5.74) is 1.53.